The minimum Gasteiger partial charge on any atom is -0.473 e. The predicted octanol–water partition coefficient (Wildman–Crippen LogP) is 3.01. The van der Waals surface area contributed by atoms with Gasteiger partial charge in [-0.3, -0.25) is 14.7 Å². The first-order valence-corrected chi connectivity index (χ1v) is 10.5. The lowest BCUT2D eigenvalue weighted by Crippen LogP contribution is -2.42. The van der Waals surface area contributed by atoms with Gasteiger partial charge in [0.1, 0.15) is 6.10 Å². The number of aromatic nitrogens is 3. The lowest BCUT2D eigenvalue weighted by atomic mass is 10.1. The van der Waals surface area contributed by atoms with E-state index in [1.807, 2.05) is 24.4 Å². The van der Waals surface area contributed by atoms with Gasteiger partial charge in [-0.1, -0.05) is 30.3 Å². The maximum atomic E-state index is 12.4. The zero-order chi connectivity index (χ0) is 19.9. The monoisotopic (exact) mass is 409 g/mol. The minimum atomic E-state index is -0.0288. The molecule has 4 rings (SSSR count). The highest BCUT2D eigenvalue weighted by Gasteiger charge is 2.22. The van der Waals surface area contributed by atoms with E-state index < -0.39 is 0 Å². The number of nitrogens with zero attached hydrogens (tertiary/aromatic N) is 4. The van der Waals surface area contributed by atoms with Gasteiger partial charge in [0.05, 0.1) is 12.7 Å². The zero-order valence-electron chi connectivity index (χ0n) is 16.0. The number of piperidine rings is 1. The molecule has 7 nitrogen and oxygen atoms in total. The number of hydrogen-bond donors (Lipinski definition) is 1. The molecule has 1 fully saturated rings. The summed E-state index contributed by atoms with van der Waals surface area (Å²) in [6.07, 6.45) is 9.38. The Labute approximate surface area is 173 Å². The number of amides is 1. The maximum absolute atomic E-state index is 12.4. The van der Waals surface area contributed by atoms with Crippen molar-refractivity contribution in [3.63, 3.8) is 0 Å². The van der Waals surface area contributed by atoms with Crippen molar-refractivity contribution in [1.29, 1.82) is 0 Å². The fraction of sp³-hybridized carbons (Fsp3) is 0.333. The summed E-state index contributed by atoms with van der Waals surface area (Å²) in [4.78, 5) is 28.2. The Hall–Kier alpha value is -2.84. The summed E-state index contributed by atoms with van der Waals surface area (Å²) < 4.78 is 5.85. The Morgan fingerprint density at radius 3 is 2.72 bits per heavy atom. The molecule has 0 unspecified atom stereocenters. The molecule has 0 bridgehead atoms. The molecule has 29 heavy (non-hydrogen) atoms. The lowest BCUT2D eigenvalue weighted by Gasteiger charge is -2.31. The second-order valence-corrected chi connectivity index (χ2v) is 8.09. The smallest absolute Gasteiger partial charge is 0.240 e. The number of rotatable bonds is 7. The molecule has 0 spiro atoms. The number of ether oxygens (including phenoxy) is 1. The molecule has 0 aliphatic carbocycles. The standard InChI is InChI=1S/C21H23N5O2S/c27-19(25-21-24-13-18(29-21)12-16-4-2-1-3-5-16)15-26-10-6-17(7-11-26)28-20-14-22-8-9-23-20/h1-5,8-9,13-14,17H,6-7,10-12,15H2,(H,24,25,27). The number of anilines is 1. The van der Waals surface area contributed by atoms with Crippen LogP contribution in [-0.4, -0.2) is 51.5 Å². The molecule has 1 N–H and O–H groups in total. The summed E-state index contributed by atoms with van der Waals surface area (Å²) >= 11 is 1.53. The van der Waals surface area contributed by atoms with Gasteiger partial charge in [-0.05, 0) is 18.4 Å². The Kier molecular flexibility index (Phi) is 6.43. The summed E-state index contributed by atoms with van der Waals surface area (Å²) in [6, 6.07) is 10.2. The van der Waals surface area contributed by atoms with Crippen LogP contribution in [0.25, 0.3) is 0 Å². The molecule has 0 atom stereocenters. The van der Waals surface area contributed by atoms with E-state index in [-0.39, 0.29) is 12.0 Å². The van der Waals surface area contributed by atoms with E-state index in [0.29, 0.717) is 17.6 Å². The van der Waals surface area contributed by atoms with Crippen LogP contribution in [0, 0.1) is 0 Å². The van der Waals surface area contributed by atoms with Crippen LogP contribution < -0.4 is 10.1 Å². The molecule has 1 saturated heterocycles. The van der Waals surface area contributed by atoms with Gasteiger partial charge in [0, 0.05) is 43.0 Å². The SMILES string of the molecule is O=C(CN1CCC(Oc2cnccn2)CC1)Nc1ncc(Cc2ccccc2)s1. The van der Waals surface area contributed by atoms with E-state index in [0.717, 1.165) is 37.2 Å². The predicted molar refractivity (Wildman–Crippen MR) is 112 cm³/mol. The third-order valence-corrected chi connectivity index (χ3v) is 5.66. The van der Waals surface area contributed by atoms with Crippen LogP contribution in [0.2, 0.25) is 0 Å². The average Bonchev–Trinajstić information content (AvgIpc) is 3.17. The summed E-state index contributed by atoms with van der Waals surface area (Å²) in [7, 11) is 0. The van der Waals surface area contributed by atoms with Crippen LogP contribution in [-0.2, 0) is 11.2 Å². The third kappa shape index (κ3) is 5.82. The summed E-state index contributed by atoms with van der Waals surface area (Å²) in [5, 5.41) is 3.58. The van der Waals surface area contributed by atoms with Gasteiger partial charge in [-0.25, -0.2) is 9.97 Å². The molecular formula is C21H23N5O2S. The number of nitrogens with one attached hydrogen (secondary N) is 1. The van der Waals surface area contributed by atoms with E-state index in [4.69, 9.17) is 4.74 Å². The number of likely N-dealkylation sites (tertiary alicyclic amines) is 1. The molecule has 1 aliphatic heterocycles. The Morgan fingerprint density at radius 2 is 1.97 bits per heavy atom. The highest BCUT2D eigenvalue weighted by molar-refractivity contribution is 7.15. The van der Waals surface area contributed by atoms with Crippen molar-refractivity contribution in [3.8, 4) is 5.88 Å². The van der Waals surface area contributed by atoms with Crippen molar-refractivity contribution < 1.29 is 9.53 Å². The van der Waals surface area contributed by atoms with Gasteiger partial charge >= 0.3 is 0 Å². The van der Waals surface area contributed by atoms with Gasteiger partial charge in [-0.15, -0.1) is 11.3 Å². The third-order valence-electron chi connectivity index (χ3n) is 4.75. The number of carbonyl (C=O) groups excluding carboxylic acids is 1. The fourth-order valence-electron chi connectivity index (χ4n) is 3.31. The molecule has 2 aromatic heterocycles. The zero-order valence-corrected chi connectivity index (χ0v) is 16.8. The van der Waals surface area contributed by atoms with E-state index in [2.05, 4.69) is 37.3 Å². The first kappa shape index (κ1) is 19.5. The second kappa shape index (κ2) is 9.58. The summed E-state index contributed by atoms with van der Waals surface area (Å²) in [6.45, 7) is 2.00. The molecule has 3 heterocycles. The Morgan fingerprint density at radius 1 is 1.14 bits per heavy atom. The van der Waals surface area contributed by atoms with E-state index in [9.17, 15) is 4.79 Å². The largest absolute Gasteiger partial charge is 0.473 e. The van der Waals surface area contributed by atoms with Crippen molar-refractivity contribution in [3.05, 3.63) is 65.6 Å². The van der Waals surface area contributed by atoms with Crippen LogP contribution in [0.15, 0.2) is 55.1 Å². The molecule has 1 aliphatic rings. The molecule has 0 saturated carbocycles. The number of hydrogen-bond acceptors (Lipinski definition) is 7. The topological polar surface area (TPSA) is 80.2 Å². The first-order chi connectivity index (χ1) is 14.2. The summed E-state index contributed by atoms with van der Waals surface area (Å²) in [5.41, 5.74) is 1.24. The van der Waals surface area contributed by atoms with Gasteiger partial charge in [0.15, 0.2) is 5.13 Å². The van der Waals surface area contributed by atoms with Crippen LogP contribution in [0.5, 0.6) is 5.88 Å². The highest BCUT2D eigenvalue weighted by Crippen LogP contribution is 2.21. The minimum absolute atomic E-state index is 0.0288. The van der Waals surface area contributed by atoms with Gasteiger partial charge < -0.3 is 10.1 Å². The van der Waals surface area contributed by atoms with Crippen molar-refractivity contribution in [2.75, 3.05) is 25.0 Å². The van der Waals surface area contributed by atoms with Crippen LogP contribution in [0.4, 0.5) is 5.13 Å². The molecule has 150 valence electrons. The van der Waals surface area contributed by atoms with Crippen molar-refractivity contribution >= 4 is 22.4 Å². The average molecular weight is 410 g/mol. The number of thiazole rings is 1. The van der Waals surface area contributed by atoms with Crippen LogP contribution in [0.3, 0.4) is 0 Å². The molecule has 0 radical (unpaired) electrons. The van der Waals surface area contributed by atoms with E-state index >= 15 is 0 Å². The van der Waals surface area contributed by atoms with Crippen molar-refractivity contribution in [2.45, 2.75) is 25.4 Å². The van der Waals surface area contributed by atoms with Crippen LogP contribution >= 0.6 is 11.3 Å². The van der Waals surface area contributed by atoms with Crippen molar-refractivity contribution in [2.24, 2.45) is 0 Å². The van der Waals surface area contributed by atoms with Gasteiger partial charge in [0.25, 0.3) is 0 Å². The van der Waals surface area contributed by atoms with Gasteiger partial charge in [-0.2, -0.15) is 0 Å². The first-order valence-electron chi connectivity index (χ1n) is 9.68. The number of carbonyl (C=O) groups is 1. The number of benzene rings is 1. The van der Waals surface area contributed by atoms with E-state index in [1.165, 1.54) is 16.9 Å². The molecule has 1 amide bonds. The fourth-order valence-corrected chi connectivity index (χ4v) is 4.17. The maximum Gasteiger partial charge on any atom is 0.240 e. The molecular weight excluding hydrogens is 386 g/mol. The Balaban J connectivity index is 1.20. The lowest BCUT2D eigenvalue weighted by molar-refractivity contribution is -0.117. The second-order valence-electron chi connectivity index (χ2n) is 6.98. The summed E-state index contributed by atoms with van der Waals surface area (Å²) in [5.74, 6) is 0.526. The van der Waals surface area contributed by atoms with Gasteiger partial charge in [0.2, 0.25) is 11.8 Å². The molecule has 8 heteroatoms. The van der Waals surface area contributed by atoms with Crippen molar-refractivity contribution in [1.82, 2.24) is 19.9 Å². The van der Waals surface area contributed by atoms with E-state index in [1.54, 1.807) is 18.6 Å². The highest BCUT2D eigenvalue weighted by atomic mass is 32.1. The normalized spacial score (nSPS) is 15.2. The molecule has 1 aromatic carbocycles. The quantitative estimate of drug-likeness (QED) is 0.646. The Bertz CT molecular complexity index is 911. The van der Waals surface area contributed by atoms with Crippen LogP contribution in [0.1, 0.15) is 23.3 Å². The molecule has 3 aromatic rings.